The molecule has 1 aromatic carbocycles. The van der Waals surface area contributed by atoms with Gasteiger partial charge in [-0.2, -0.15) is 0 Å². The van der Waals surface area contributed by atoms with Gasteiger partial charge in [0.05, 0.1) is 29.4 Å². The first-order valence-electron chi connectivity index (χ1n) is 6.93. The Kier molecular flexibility index (Phi) is 4.02. The van der Waals surface area contributed by atoms with Crippen LogP contribution in [0.1, 0.15) is 10.5 Å². The summed E-state index contributed by atoms with van der Waals surface area (Å²) in [5.41, 5.74) is 2.08. The van der Waals surface area contributed by atoms with Crippen LogP contribution in [0.3, 0.4) is 0 Å². The normalized spacial score (nSPS) is 10.4. The molecule has 0 unspecified atom stereocenters. The van der Waals surface area contributed by atoms with Crippen LogP contribution in [0.15, 0.2) is 48.8 Å². The SMILES string of the molecule is COC(=O)c1ccc(Nc2ccnc3ccc([N+](=O)[O-])cc23)cn1. The molecule has 24 heavy (non-hydrogen) atoms. The Balaban J connectivity index is 1.96. The van der Waals surface area contributed by atoms with Crippen molar-refractivity contribution in [2.45, 2.75) is 0 Å². The number of non-ortho nitro benzene ring substituents is 1. The Labute approximate surface area is 136 Å². The molecule has 0 amide bonds. The highest BCUT2D eigenvalue weighted by Gasteiger charge is 2.11. The van der Waals surface area contributed by atoms with Crippen LogP contribution in [-0.2, 0) is 4.74 Å². The fourth-order valence-corrected chi connectivity index (χ4v) is 2.21. The summed E-state index contributed by atoms with van der Waals surface area (Å²) >= 11 is 0. The van der Waals surface area contributed by atoms with Gasteiger partial charge in [-0.1, -0.05) is 0 Å². The lowest BCUT2D eigenvalue weighted by atomic mass is 10.1. The first kappa shape index (κ1) is 15.3. The first-order chi connectivity index (χ1) is 11.6. The molecule has 2 heterocycles. The summed E-state index contributed by atoms with van der Waals surface area (Å²) in [7, 11) is 1.28. The predicted molar refractivity (Wildman–Crippen MR) is 87.3 cm³/mol. The fourth-order valence-electron chi connectivity index (χ4n) is 2.21. The van der Waals surface area contributed by atoms with Crippen LogP contribution in [0.2, 0.25) is 0 Å². The van der Waals surface area contributed by atoms with Gasteiger partial charge >= 0.3 is 5.97 Å². The number of pyridine rings is 2. The lowest BCUT2D eigenvalue weighted by molar-refractivity contribution is -0.384. The molecule has 0 aliphatic carbocycles. The maximum absolute atomic E-state index is 11.4. The molecule has 0 spiro atoms. The van der Waals surface area contributed by atoms with Gasteiger partial charge in [-0.3, -0.25) is 15.1 Å². The summed E-state index contributed by atoms with van der Waals surface area (Å²) in [5, 5.41) is 14.7. The number of hydrogen-bond donors (Lipinski definition) is 1. The molecule has 0 bridgehead atoms. The van der Waals surface area contributed by atoms with Crippen LogP contribution < -0.4 is 5.32 Å². The summed E-state index contributed by atoms with van der Waals surface area (Å²) in [6, 6.07) is 9.37. The molecule has 0 saturated heterocycles. The average molecular weight is 324 g/mol. The number of carbonyl (C=O) groups excluding carboxylic acids is 1. The summed E-state index contributed by atoms with van der Waals surface area (Å²) in [4.78, 5) is 30.1. The van der Waals surface area contributed by atoms with E-state index < -0.39 is 10.9 Å². The summed E-state index contributed by atoms with van der Waals surface area (Å²) in [6.07, 6.45) is 3.09. The Morgan fingerprint density at radius 1 is 1.21 bits per heavy atom. The summed E-state index contributed by atoms with van der Waals surface area (Å²) in [6.45, 7) is 0. The largest absolute Gasteiger partial charge is 0.464 e. The van der Waals surface area contributed by atoms with Crippen LogP contribution in [0.4, 0.5) is 17.1 Å². The number of nitrogens with one attached hydrogen (secondary N) is 1. The minimum Gasteiger partial charge on any atom is -0.464 e. The fraction of sp³-hybridized carbons (Fsp3) is 0.0625. The molecule has 3 aromatic rings. The zero-order chi connectivity index (χ0) is 17.1. The van der Waals surface area contributed by atoms with Gasteiger partial charge in [0, 0.05) is 29.4 Å². The van der Waals surface area contributed by atoms with Crippen molar-refractivity contribution in [1.82, 2.24) is 9.97 Å². The third kappa shape index (κ3) is 2.98. The number of aromatic nitrogens is 2. The number of rotatable bonds is 4. The van der Waals surface area contributed by atoms with Crippen LogP contribution in [0.25, 0.3) is 10.9 Å². The summed E-state index contributed by atoms with van der Waals surface area (Å²) < 4.78 is 4.59. The number of nitro groups is 1. The zero-order valence-electron chi connectivity index (χ0n) is 12.6. The van der Waals surface area contributed by atoms with Crippen LogP contribution in [0.5, 0.6) is 0 Å². The average Bonchev–Trinajstić information content (AvgIpc) is 2.61. The number of ether oxygens (including phenoxy) is 1. The van der Waals surface area contributed by atoms with Gasteiger partial charge in [-0.15, -0.1) is 0 Å². The Morgan fingerprint density at radius 3 is 2.71 bits per heavy atom. The highest BCUT2D eigenvalue weighted by molar-refractivity contribution is 5.94. The van der Waals surface area contributed by atoms with E-state index in [0.717, 1.165) is 0 Å². The lowest BCUT2D eigenvalue weighted by Gasteiger charge is -2.09. The molecular weight excluding hydrogens is 312 g/mol. The van der Waals surface area contributed by atoms with Gasteiger partial charge in [0.2, 0.25) is 0 Å². The van der Waals surface area contributed by atoms with Crippen molar-refractivity contribution in [2.75, 3.05) is 12.4 Å². The van der Waals surface area contributed by atoms with Crippen LogP contribution >= 0.6 is 0 Å². The van der Waals surface area contributed by atoms with Crippen LogP contribution in [0, 0.1) is 10.1 Å². The second-order valence-corrected chi connectivity index (χ2v) is 4.87. The molecule has 0 saturated carbocycles. The Bertz CT molecular complexity index is 925. The van der Waals surface area contributed by atoms with Crippen LogP contribution in [-0.4, -0.2) is 28.0 Å². The van der Waals surface area contributed by atoms with Crippen molar-refractivity contribution >= 4 is 33.9 Å². The van der Waals surface area contributed by atoms with E-state index in [-0.39, 0.29) is 11.4 Å². The molecule has 2 aromatic heterocycles. The highest BCUT2D eigenvalue weighted by Crippen LogP contribution is 2.28. The van der Waals surface area contributed by atoms with Crippen molar-refractivity contribution in [3.8, 4) is 0 Å². The van der Waals surface area contributed by atoms with Gasteiger partial charge < -0.3 is 10.1 Å². The topological polar surface area (TPSA) is 107 Å². The van der Waals surface area contributed by atoms with Gasteiger partial charge in [0.15, 0.2) is 0 Å². The molecule has 0 atom stereocenters. The molecule has 0 aliphatic rings. The minimum atomic E-state index is -0.522. The number of fused-ring (bicyclic) bond motifs is 1. The van der Waals surface area contributed by atoms with Crippen molar-refractivity contribution in [1.29, 1.82) is 0 Å². The van der Waals surface area contributed by atoms with E-state index in [1.165, 1.54) is 31.5 Å². The number of anilines is 2. The smallest absolute Gasteiger partial charge is 0.356 e. The van der Waals surface area contributed by atoms with E-state index in [1.807, 2.05) is 0 Å². The van der Waals surface area contributed by atoms with E-state index in [4.69, 9.17) is 0 Å². The molecule has 120 valence electrons. The standard InChI is InChI=1S/C16H12N4O4/c1-24-16(21)15-4-2-10(9-18-15)19-14-6-7-17-13-5-3-11(20(22)23)8-12(13)14/h2-9H,1H3,(H,17,19). The summed E-state index contributed by atoms with van der Waals surface area (Å²) in [5.74, 6) is -0.522. The second-order valence-electron chi connectivity index (χ2n) is 4.87. The molecular formula is C16H12N4O4. The molecule has 0 radical (unpaired) electrons. The van der Waals surface area contributed by atoms with E-state index >= 15 is 0 Å². The lowest BCUT2D eigenvalue weighted by Crippen LogP contribution is -2.04. The third-order valence-electron chi connectivity index (χ3n) is 3.37. The molecule has 8 heteroatoms. The zero-order valence-corrected chi connectivity index (χ0v) is 12.6. The molecule has 3 rings (SSSR count). The number of nitro benzene ring substituents is 1. The van der Waals surface area contributed by atoms with Crippen molar-refractivity contribution in [3.63, 3.8) is 0 Å². The molecule has 0 aliphatic heterocycles. The maximum Gasteiger partial charge on any atom is 0.356 e. The third-order valence-corrected chi connectivity index (χ3v) is 3.37. The minimum absolute atomic E-state index is 0.0160. The maximum atomic E-state index is 11.4. The Morgan fingerprint density at radius 2 is 2.04 bits per heavy atom. The highest BCUT2D eigenvalue weighted by atomic mass is 16.6. The molecule has 8 nitrogen and oxygen atoms in total. The quantitative estimate of drug-likeness (QED) is 0.446. The molecule has 1 N–H and O–H groups in total. The predicted octanol–water partition coefficient (Wildman–Crippen LogP) is 3.07. The van der Waals surface area contributed by atoms with Gasteiger partial charge in [0.1, 0.15) is 5.69 Å². The number of methoxy groups -OCH3 is 1. The number of hydrogen-bond acceptors (Lipinski definition) is 7. The number of benzene rings is 1. The monoisotopic (exact) mass is 324 g/mol. The van der Waals surface area contributed by atoms with Gasteiger partial charge in [0.25, 0.3) is 5.69 Å². The van der Waals surface area contributed by atoms with E-state index in [0.29, 0.717) is 22.3 Å². The molecule has 0 fully saturated rings. The van der Waals surface area contributed by atoms with Crippen molar-refractivity contribution in [2.24, 2.45) is 0 Å². The Hall–Kier alpha value is -3.55. The van der Waals surface area contributed by atoms with Crippen molar-refractivity contribution in [3.05, 3.63) is 64.6 Å². The number of esters is 1. The van der Waals surface area contributed by atoms with E-state index in [1.54, 1.807) is 24.4 Å². The van der Waals surface area contributed by atoms with E-state index in [9.17, 15) is 14.9 Å². The van der Waals surface area contributed by atoms with Gasteiger partial charge in [-0.05, 0) is 24.3 Å². The van der Waals surface area contributed by atoms with Gasteiger partial charge in [-0.25, -0.2) is 9.78 Å². The number of nitrogens with zero attached hydrogens (tertiary/aromatic N) is 3. The number of carbonyl (C=O) groups is 1. The van der Waals surface area contributed by atoms with E-state index in [2.05, 4.69) is 20.0 Å². The van der Waals surface area contributed by atoms with Crippen molar-refractivity contribution < 1.29 is 14.5 Å². The second kappa shape index (κ2) is 6.29. The first-order valence-corrected chi connectivity index (χ1v) is 6.93.